The lowest BCUT2D eigenvalue weighted by Crippen LogP contribution is -2.23. The van der Waals surface area contributed by atoms with Gasteiger partial charge in [0.1, 0.15) is 0 Å². The third-order valence-corrected chi connectivity index (χ3v) is 4.32. The molecule has 0 saturated carbocycles. The average molecular weight is 245 g/mol. The first-order valence-electron chi connectivity index (χ1n) is 5.38. The Morgan fingerprint density at radius 3 is 2.56 bits per heavy atom. The number of sulfone groups is 1. The van der Waals surface area contributed by atoms with E-state index in [1.54, 1.807) is 6.92 Å². The van der Waals surface area contributed by atoms with E-state index in [1.165, 1.54) is 0 Å². The first kappa shape index (κ1) is 13.2. The van der Waals surface area contributed by atoms with Crippen molar-refractivity contribution in [3.05, 3.63) is 17.0 Å². The first-order chi connectivity index (χ1) is 7.46. The molecule has 1 aromatic heterocycles. The molecule has 16 heavy (non-hydrogen) atoms. The Balaban J connectivity index is 2.37. The fourth-order valence-electron chi connectivity index (χ4n) is 1.42. The summed E-state index contributed by atoms with van der Waals surface area (Å²) in [5.41, 5.74) is 3.11. The molecule has 1 heterocycles. The topological polar surface area (TPSA) is 74.8 Å². The van der Waals surface area contributed by atoms with Crippen molar-refractivity contribution in [3.63, 3.8) is 0 Å². The molecule has 0 radical (unpaired) electrons. The standard InChI is InChI=1S/C10H19N3O2S/c1-4-16(14,15)6-5-11-7-10-8(2)12-13-9(10)3/h11H,4-7H2,1-3H3,(H,12,13). The van der Waals surface area contributed by atoms with E-state index < -0.39 is 9.84 Å². The zero-order valence-corrected chi connectivity index (χ0v) is 10.8. The van der Waals surface area contributed by atoms with Crippen LogP contribution in [0, 0.1) is 13.8 Å². The number of H-pyrrole nitrogens is 1. The quantitative estimate of drug-likeness (QED) is 0.718. The summed E-state index contributed by atoms with van der Waals surface area (Å²) in [7, 11) is -2.87. The van der Waals surface area contributed by atoms with Crippen molar-refractivity contribution >= 4 is 9.84 Å². The minimum absolute atomic E-state index is 0.194. The van der Waals surface area contributed by atoms with Crippen molar-refractivity contribution in [2.45, 2.75) is 27.3 Å². The van der Waals surface area contributed by atoms with Crippen molar-refractivity contribution in [1.82, 2.24) is 15.5 Å². The molecule has 0 aromatic carbocycles. The van der Waals surface area contributed by atoms with Gasteiger partial charge in [-0.3, -0.25) is 5.10 Å². The number of aromatic nitrogens is 2. The summed E-state index contributed by atoms with van der Waals surface area (Å²) in [6.45, 7) is 6.70. The second kappa shape index (κ2) is 5.45. The minimum Gasteiger partial charge on any atom is -0.312 e. The van der Waals surface area contributed by atoms with Crippen molar-refractivity contribution in [2.24, 2.45) is 0 Å². The molecular weight excluding hydrogens is 226 g/mol. The molecule has 0 aliphatic heterocycles. The van der Waals surface area contributed by atoms with E-state index in [9.17, 15) is 8.42 Å². The fourth-order valence-corrected chi connectivity index (χ4v) is 2.16. The number of nitrogens with zero attached hydrogens (tertiary/aromatic N) is 1. The van der Waals surface area contributed by atoms with Crippen molar-refractivity contribution < 1.29 is 8.42 Å². The maximum Gasteiger partial charge on any atom is 0.151 e. The van der Waals surface area contributed by atoms with Crippen LogP contribution in [0.1, 0.15) is 23.9 Å². The van der Waals surface area contributed by atoms with Crippen LogP contribution >= 0.6 is 0 Å². The van der Waals surface area contributed by atoms with Crippen LogP contribution in [0.2, 0.25) is 0 Å². The van der Waals surface area contributed by atoms with Crippen LogP contribution in [-0.2, 0) is 16.4 Å². The van der Waals surface area contributed by atoms with Gasteiger partial charge in [0.05, 0.1) is 11.4 Å². The highest BCUT2D eigenvalue weighted by molar-refractivity contribution is 7.91. The van der Waals surface area contributed by atoms with E-state index in [4.69, 9.17) is 0 Å². The summed E-state index contributed by atoms with van der Waals surface area (Å²) in [6, 6.07) is 0. The Hall–Kier alpha value is -0.880. The van der Waals surface area contributed by atoms with Gasteiger partial charge in [0.15, 0.2) is 9.84 Å². The molecule has 6 heteroatoms. The number of hydrogen-bond donors (Lipinski definition) is 2. The summed E-state index contributed by atoms with van der Waals surface area (Å²) in [5, 5.41) is 10.1. The van der Waals surface area contributed by atoms with Gasteiger partial charge in [-0.05, 0) is 13.8 Å². The number of hydrogen-bond acceptors (Lipinski definition) is 4. The molecule has 0 saturated heterocycles. The van der Waals surface area contributed by atoms with Crippen LogP contribution in [-0.4, -0.2) is 36.7 Å². The van der Waals surface area contributed by atoms with E-state index in [0.717, 1.165) is 17.0 Å². The molecule has 0 spiro atoms. The van der Waals surface area contributed by atoms with Crippen LogP contribution in [0.3, 0.4) is 0 Å². The fraction of sp³-hybridized carbons (Fsp3) is 0.700. The zero-order chi connectivity index (χ0) is 12.2. The normalized spacial score (nSPS) is 11.9. The number of rotatable bonds is 6. The first-order valence-corrected chi connectivity index (χ1v) is 7.20. The summed E-state index contributed by atoms with van der Waals surface area (Å²) in [6.07, 6.45) is 0. The van der Waals surface area contributed by atoms with Gasteiger partial charge in [-0.25, -0.2) is 8.42 Å². The number of aromatic amines is 1. The monoisotopic (exact) mass is 245 g/mol. The van der Waals surface area contributed by atoms with Crippen molar-refractivity contribution in [2.75, 3.05) is 18.1 Å². The molecule has 5 nitrogen and oxygen atoms in total. The van der Waals surface area contributed by atoms with Gasteiger partial charge in [-0.15, -0.1) is 0 Å². The molecule has 0 amide bonds. The van der Waals surface area contributed by atoms with Gasteiger partial charge in [0.2, 0.25) is 0 Å². The van der Waals surface area contributed by atoms with Crippen molar-refractivity contribution in [3.8, 4) is 0 Å². The van der Waals surface area contributed by atoms with E-state index in [1.807, 2.05) is 13.8 Å². The van der Waals surface area contributed by atoms with Gasteiger partial charge in [-0.1, -0.05) is 6.92 Å². The van der Waals surface area contributed by atoms with Gasteiger partial charge < -0.3 is 5.32 Å². The van der Waals surface area contributed by atoms with Crippen LogP contribution in [0.25, 0.3) is 0 Å². The molecule has 0 atom stereocenters. The molecular formula is C10H19N3O2S. The van der Waals surface area contributed by atoms with Crippen molar-refractivity contribution in [1.29, 1.82) is 0 Å². The van der Waals surface area contributed by atoms with Gasteiger partial charge in [-0.2, -0.15) is 5.10 Å². The minimum atomic E-state index is -2.87. The molecule has 1 rings (SSSR count). The molecule has 0 unspecified atom stereocenters. The average Bonchev–Trinajstić information content (AvgIpc) is 2.55. The Morgan fingerprint density at radius 1 is 1.38 bits per heavy atom. The Labute approximate surface area is 96.6 Å². The van der Waals surface area contributed by atoms with E-state index in [-0.39, 0.29) is 11.5 Å². The van der Waals surface area contributed by atoms with Gasteiger partial charge in [0.25, 0.3) is 0 Å². The second-order valence-corrected chi connectivity index (χ2v) is 6.30. The summed E-state index contributed by atoms with van der Waals surface area (Å²) in [5.74, 6) is 0.401. The Kier molecular flexibility index (Phi) is 4.49. The highest BCUT2D eigenvalue weighted by atomic mass is 32.2. The maximum atomic E-state index is 11.2. The van der Waals surface area contributed by atoms with Crippen LogP contribution < -0.4 is 5.32 Å². The van der Waals surface area contributed by atoms with Crippen LogP contribution in [0.15, 0.2) is 0 Å². The van der Waals surface area contributed by atoms with E-state index >= 15 is 0 Å². The largest absolute Gasteiger partial charge is 0.312 e. The number of aryl methyl sites for hydroxylation is 2. The smallest absolute Gasteiger partial charge is 0.151 e. The molecule has 0 bridgehead atoms. The number of nitrogens with one attached hydrogen (secondary N) is 2. The Morgan fingerprint density at radius 2 is 2.06 bits per heavy atom. The summed E-state index contributed by atoms with van der Waals surface area (Å²) in [4.78, 5) is 0. The summed E-state index contributed by atoms with van der Waals surface area (Å²) < 4.78 is 22.5. The predicted octanol–water partition coefficient (Wildman–Crippen LogP) is 0.551. The lowest BCUT2D eigenvalue weighted by Gasteiger charge is -2.05. The molecule has 2 N–H and O–H groups in total. The zero-order valence-electron chi connectivity index (χ0n) is 10.0. The lowest BCUT2D eigenvalue weighted by atomic mass is 10.2. The lowest BCUT2D eigenvalue weighted by molar-refractivity contribution is 0.591. The third kappa shape index (κ3) is 3.61. The van der Waals surface area contributed by atoms with Gasteiger partial charge >= 0.3 is 0 Å². The highest BCUT2D eigenvalue weighted by Gasteiger charge is 2.08. The Bertz CT molecular complexity index is 417. The molecule has 92 valence electrons. The molecule has 0 aliphatic carbocycles. The predicted molar refractivity (Wildman–Crippen MR) is 64.1 cm³/mol. The van der Waals surface area contributed by atoms with Crippen LogP contribution in [0.4, 0.5) is 0 Å². The van der Waals surface area contributed by atoms with E-state index in [0.29, 0.717) is 13.1 Å². The molecule has 0 fully saturated rings. The molecule has 1 aromatic rings. The highest BCUT2D eigenvalue weighted by Crippen LogP contribution is 2.07. The van der Waals surface area contributed by atoms with Crippen LogP contribution in [0.5, 0.6) is 0 Å². The van der Waals surface area contributed by atoms with Gasteiger partial charge in [0, 0.05) is 30.1 Å². The maximum absolute atomic E-state index is 11.2. The SMILES string of the molecule is CCS(=O)(=O)CCNCc1c(C)n[nH]c1C. The second-order valence-electron chi connectivity index (χ2n) is 3.83. The third-order valence-electron chi connectivity index (χ3n) is 2.61. The summed E-state index contributed by atoms with van der Waals surface area (Å²) >= 11 is 0. The molecule has 0 aliphatic rings. The van der Waals surface area contributed by atoms with E-state index in [2.05, 4.69) is 15.5 Å².